The van der Waals surface area contributed by atoms with Crippen LogP contribution in [0.1, 0.15) is 16.7 Å². The molecule has 0 saturated carbocycles. The van der Waals surface area contributed by atoms with Crippen molar-refractivity contribution in [1.29, 1.82) is 0 Å². The van der Waals surface area contributed by atoms with Crippen LogP contribution in [0.5, 0.6) is 0 Å². The van der Waals surface area contributed by atoms with Crippen molar-refractivity contribution in [3.8, 4) is 0 Å². The Morgan fingerprint density at radius 1 is 0.542 bits per heavy atom. The van der Waals surface area contributed by atoms with Crippen molar-refractivity contribution in [2.75, 3.05) is 0 Å². The van der Waals surface area contributed by atoms with Gasteiger partial charge in [-0.25, -0.2) is 8.42 Å². The molecule has 3 aromatic carbocycles. The lowest BCUT2D eigenvalue weighted by Crippen LogP contribution is -2.00. The average Bonchev–Trinajstić information content (AvgIpc) is 2.62. The topological polar surface area (TPSA) is 34.1 Å². The van der Waals surface area contributed by atoms with Crippen molar-refractivity contribution in [3.63, 3.8) is 0 Å². The van der Waals surface area contributed by atoms with Gasteiger partial charge in [-0.2, -0.15) is 0 Å². The summed E-state index contributed by atoms with van der Waals surface area (Å²) >= 11 is 0. The molecule has 0 fully saturated rings. The molecular weight excluding hydrogens is 316 g/mol. The Labute approximate surface area is 144 Å². The highest BCUT2D eigenvalue weighted by atomic mass is 32.2. The summed E-state index contributed by atoms with van der Waals surface area (Å²) in [6.45, 7) is 6.44. The van der Waals surface area contributed by atoms with Gasteiger partial charge in [0.2, 0.25) is 9.84 Å². The molecule has 0 atom stereocenters. The molecule has 0 N–H and O–H groups in total. The second kappa shape index (κ2) is 7.93. The van der Waals surface area contributed by atoms with E-state index in [0.717, 1.165) is 0 Å². The number of hydrogen-bond donors (Lipinski definition) is 0. The van der Waals surface area contributed by atoms with Gasteiger partial charge >= 0.3 is 0 Å². The monoisotopic (exact) mass is 338 g/mol. The lowest BCUT2D eigenvalue weighted by Gasteiger charge is -2.03. The predicted molar refractivity (Wildman–Crippen MR) is 99.0 cm³/mol. The van der Waals surface area contributed by atoms with Gasteiger partial charge in [0.25, 0.3) is 0 Å². The lowest BCUT2D eigenvalue weighted by molar-refractivity contribution is 0.596. The third kappa shape index (κ3) is 4.33. The zero-order valence-corrected chi connectivity index (χ0v) is 15.0. The molecule has 0 radical (unpaired) electrons. The maximum Gasteiger partial charge on any atom is 0.206 e. The second-order valence-electron chi connectivity index (χ2n) is 5.65. The molecule has 3 aromatic rings. The van der Waals surface area contributed by atoms with Crippen LogP contribution in [-0.4, -0.2) is 8.42 Å². The Kier molecular flexibility index (Phi) is 5.93. The Hall–Kier alpha value is -2.39. The molecule has 0 heterocycles. The van der Waals surface area contributed by atoms with E-state index in [1.807, 2.05) is 0 Å². The van der Waals surface area contributed by atoms with Crippen LogP contribution < -0.4 is 0 Å². The number of rotatable bonds is 2. The molecule has 0 amide bonds. The van der Waals surface area contributed by atoms with Crippen LogP contribution in [-0.2, 0) is 9.84 Å². The first-order valence-electron chi connectivity index (χ1n) is 7.81. The number of hydrogen-bond acceptors (Lipinski definition) is 2. The minimum atomic E-state index is -3.34. The van der Waals surface area contributed by atoms with E-state index in [1.54, 1.807) is 60.7 Å². The zero-order chi connectivity index (χ0) is 17.6. The van der Waals surface area contributed by atoms with Gasteiger partial charge in [-0.15, -0.1) is 0 Å². The van der Waals surface area contributed by atoms with Gasteiger partial charge < -0.3 is 0 Å². The maximum atomic E-state index is 12.0. The fourth-order valence-electron chi connectivity index (χ4n) is 2.23. The number of aryl methyl sites for hydroxylation is 2. The van der Waals surface area contributed by atoms with Crippen molar-refractivity contribution in [1.82, 2.24) is 0 Å². The second-order valence-corrected chi connectivity index (χ2v) is 7.60. The van der Waals surface area contributed by atoms with Crippen LogP contribution in [0.2, 0.25) is 0 Å². The number of benzene rings is 3. The van der Waals surface area contributed by atoms with Crippen molar-refractivity contribution < 1.29 is 8.42 Å². The molecule has 0 aliphatic carbocycles. The highest BCUT2D eigenvalue weighted by Crippen LogP contribution is 2.19. The summed E-state index contributed by atoms with van der Waals surface area (Å²) in [4.78, 5) is 0.660. The third-order valence-corrected chi connectivity index (χ3v) is 5.77. The molecule has 2 nitrogen and oxygen atoms in total. The molecule has 3 rings (SSSR count). The maximum absolute atomic E-state index is 12.0. The standard InChI is InChI=1S/C12H10O2S.C9H12/c13-15(14,11-7-3-1-4-8-11)12-9-5-2-6-10-12;1-7-5-4-6-8(2)9(7)3/h1-10H;4-6H,1-3H3. The van der Waals surface area contributed by atoms with E-state index in [2.05, 4.69) is 39.0 Å². The molecule has 0 aromatic heterocycles. The summed E-state index contributed by atoms with van der Waals surface area (Å²) in [7, 11) is -3.34. The van der Waals surface area contributed by atoms with Gasteiger partial charge in [0.05, 0.1) is 9.79 Å². The Morgan fingerprint density at radius 3 is 1.25 bits per heavy atom. The summed E-state index contributed by atoms with van der Waals surface area (Å²) < 4.78 is 24.1. The predicted octanol–water partition coefficient (Wildman–Crippen LogP) is 5.13. The molecule has 0 spiro atoms. The van der Waals surface area contributed by atoms with Crippen LogP contribution in [0, 0.1) is 20.8 Å². The van der Waals surface area contributed by atoms with Crippen molar-refractivity contribution in [2.24, 2.45) is 0 Å². The fourth-order valence-corrected chi connectivity index (χ4v) is 3.54. The molecule has 0 aliphatic heterocycles. The first-order valence-corrected chi connectivity index (χ1v) is 9.29. The Balaban J connectivity index is 0.000000198. The van der Waals surface area contributed by atoms with E-state index in [4.69, 9.17) is 0 Å². The van der Waals surface area contributed by atoms with Crippen molar-refractivity contribution in [2.45, 2.75) is 30.6 Å². The van der Waals surface area contributed by atoms with Crippen molar-refractivity contribution >= 4 is 9.84 Å². The Morgan fingerprint density at radius 2 is 0.917 bits per heavy atom. The van der Waals surface area contributed by atoms with Gasteiger partial charge in [-0.05, 0) is 61.7 Å². The smallest absolute Gasteiger partial charge is 0.206 e. The van der Waals surface area contributed by atoms with Crippen LogP contribution in [0.4, 0.5) is 0 Å². The average molecular weight is 338 g/mol. The summed E-state index contributed by atoms with van der Waals surface area (Å²) in [6, 6.07) is 23.2. The molecule has 0 saturated heterocycles. The largest absolute Gasteiger partial charge is 0.219 e. The van der Waals surface area contributed by atoms with Gasteiger partial charge in [0.15, 0.2) is 0 Å². The molecular formula is C21H22O2S. The first-order chi connectivity index (χ1) is 11.4. The minimum absolute atomic E-state index is 0.330. The van der Waals surface area contributed by atoms with E-state index in [9.17, 15) is 8.42 Å². The Bertz CT molecular complexity index is 818. The van der Waals surface area contributed by atoms with Crippen LogP contribution >= 0.6 is 0 Å². The summed E-state index contributed by atoms with van der Waals surface area (Å²) in [5.41, 5.74) is 4.18. The molecule has 0 unspecified atom stereocenters. The van der Waals surface area contributed by atoms with Crippen LogP contribution in [0.25, 0.3) is 0 Å². The van der Waals surface area contributed by atoms with E-state index in [-0.39, 0.29) is 0 Å². The highest BCUT2D eigenvalue weighted by Gasteiger charge is 2.15. The number of sulfone groups is 1. The van der Waals surface area contributed by atoms with Crippen molar-refractivity contribution in [3.05, 3.63) is 95.6 Å². The fraction of sp³-hybridized carbons (Fsp3) is 0.143. The van der Waals surface area contributed by atoms with E-state index < -0.39 is 9.84 Å². The summed E-state index contributed by atoms with van der Waals surface area (Å²) in [5.74, 6) is 0. The third-order valence-electron chi connectivity index (χ3n) is 3.98. The molecule has 0 bridgehead atoms. The lowest BCUT2D eigenvalue weighted by atomic mass is 10.1. The molecule has 3 heteroatoms. The van der Waals surface area contributed by atoms with Gasteiger partial charge in [0.1, 0.15) is 0 Å². The van der Waals surface area contributed by atoms with Crippen LogP contribution in [0.15, 0.2) is 88.7 Å². The molecule has 0 aliphatic rings. The SMILES string of the molecule is Cc1cccc(C)c1C.O=S(=O)(c1ccccc1)c1ccccc1. The van der Waals surface area contributed by atoms with Gasteiger partial charge in [-0.1, -0.05) is 54.6 Å². The molecule has 124 valence electrons. The van der Waals surface area contributed by atoms with E-state index in [1.165, 1.54) is 16.7 Å². The zero-order valence-electron chi connectivity index (χ0n) is 14.2. The quantitative estimate of drug-likeness (QED) is 0.649. The first kappa shape index (κ1) is 18.0. The van der Waals surface area contributed by atoms with E-state index >= 15 is 0 Å². The molecule has 24 heavy (non-hydrogen) atoms. The normalized spacial score (nSPS) is 10.6. The van der Waals surface area contributed by atoms with Crippen LogP contribution in [0.3, 0.4) is 0 Å². The minimum Gasteiger partial charge on any atom is -0.219 e. The highest BCUT2D eigenvalue weighted by molar-refractivity contribution is 7.91. The summed E-state index contributed by atoms with van der Waals surface area (Å²) in [5, 5.41) is 0. The van der Waals surface area contributed by atoms with Gasteiger partial charge in [-0.3, -0.25) is 0 Å². The van der Waals surface area contributed by atoms with E-state index in [0.29, 0.717) is 9.79 Å². The summed E-state index contributed by atoms with van der Waals surface area (Å²) in [6.07, 6.45) is 0. The van der Waals surface area contributed by atoms with Gasteiger partial charge in [0, 0.05) is 0 Å².